The van der Waals surface area contributed by atoms with Gasteiger partial charge in [0, 0.05) is 22.0 Å². The van der Waals surface area contributed by atoms with E-state index in [1.807, 2.05) is 36.6 Å². The van der Waals surface area contributed by atoms with Gasteiger partial charge in [0.05, 0.1) is 12.2 Å². The van der Waals surface area contributed by atoms with Gasteiger partial charge < -0.3 is 10.6 Å². The molecule has 0 spiro atoms. The zero-order valence-electron chi connectivity index (χ0n) is 14.0. The maximum Gasteiger partial charge on any atom is 0.240 e. The molecule has 26 heavy (non-hydrogen) atoms. The van der Waals surface area contributed by atoms with Crippen LogP contribution in [-0.4, -0.2) is 17.4 Å². The summed E-state index contributed by atoms with van der Waals surface area (Å²) >= 11 is 7.21. The van der Waals surface area contributed by atoms with Crippen molar-refractivity contribution in [2.45, 2.75) is 13.0 Å². The Morgan fingerprint density at radius 1 is 1.19 bits per heavy atom. The number of carbonyl (C=O) groups excluding carboxylic acids is 1. The van der Waals surface area contributed by atoms with Crippen LogP contribution in [0.2, 0.25) is 5.02 Å². The fraction of sp³-hybridized carbons (Fsp3) is 0.158. The van der Waals surface area contributed by atoms with E-state index in [-0.39, 0.29) is 24.3 Å². The molecule has 1 atom stereocenters. The highest BCUT2D eigenvalue weighted by Gasteiger charge is 2.10. The van der Waals surface area contributed by atoms with Crippen molar-refractivity contribution >= 4 is 34.0 Å². The molecule has 0 aliphatic rings. The molecule has 1 heterocycles. The van der Waals surface area contributed by atoms with Gasteiger partial charge in [-0.25, -0.2) is 9.37 Å². The Kier molecular flexibility index (Phi) is 5.98. The molecular weight excluding hydrogens is 373 g/mol. The molecular formula is C19H17ClFN3OS. The lowest BCUT2D eigenvalue weighted by Crippen LogP contribution is -2.30. The number of hydrogen-bond donors (Lipinski definition) is 2. The van der Waals surface area contributed by atoms with Gasteiger partial charge in [-0.05, 0) is 48.9 Å². The topological polar surface area (TPSA) is 54.0 Å². The van der Waals surface area contributed by atoms with Crippen molar-refractivity contribution < 1.29 is 9.18 Å². The van der Waals surface area contributed by atoms with E-state index >= 15 is 0 Å². The molecule has 1 amide bonds. The molecule has 0 fully saturated rings. The normalized spacial score (nSPS) is 12.0. The van der Waals surface area contributed by atoms with Crippen molar-refractivity contribution in [1.29, 1.82) is 0 Å². The lowest BCUT2D eigenvalue weighted by Gasteiger charge is -2.13. The SMILES string of the molecule is C[C@H](NCC(=O)Nc1nc(-c2ccc(F)cc2)cs1)c1ccc(Cl)cc1. The van der Waals surface area contributed by atoms with Crippen molar-refractivity contribution in [3.63, 3.8) is 0 Å². The zero-order valence-corrected chi connectivity index (χ0v) is 15.6. The molecule has 3 rings (SSSR count). The van der Waals surface area contributed by atoms with Crippen LogP contribution in [0.5, 0.6) is 0 Å². The molecule has 0 bridgehead atoms. The van der Waals surface area contributed by atoms with Crippen LogP contribution < -0.4 is 10.6 Å². The van der Waals surface area contributed by atoms with E-state index in [1.54, 1.807) is 12.1 Å². The van der Waals surface area contributed by atoms with Gasteiger partial charge in [-0.3, -0.25) is 4.79 Å². The van der Waals surface area contributed by atoms with Gasteiger partial charge in [0.1, 0.15) is 5.82 Å². The number of amides is 1. The summed E-state index contributed by atoms with van der Waals surface area (Å²) in [7, 11) is 0. The Bertz CT molecular complexity index is 881. The van der Waals surface area contributed by atoms with Gasteiger partial charge in [-0.15, -0.1) is 11.3 Å². The predicted molar refractivity (Wildman–Crippen MR) is 104 cm³/mol. The van der Waals surface area contributed by atoms with Crippen LogP contribution in [0.1, 0.15) is 18.5 Å². The highest BCUT2D eigenvalue weighted by atomic mass is 35.5. The molecule has 134 valence electrons. The van der Waals surface area contributed by atoms with E-state index in [1.165, 1.54) is 23.5 Å². The summed E-state index contributed by atoms with van der Waals surface area (Å²) in [4.78, 5) is 16.5. The summed E-state index contributed by atoms with van der Waals surface area (Å²) in [5, 5.41) is 8.95. The lowest BCUT2D eigenvalue weighted by molar-refractivity contribution is -0.115. The van der Waals surface area contributed by atoms with Crippen molar-refractivity contribution in [2.24, 2.45) is 0 Å². The number of thiazole rings is 1. The highest BCUT2D eigenvalue weighted by Crippen LogP contribution is 2.25. The van der Waals surface area contributed by atoms with Crippen molar-refractivity contribution in [2.75, 3.05) is 11.9 Å². The molecule has 0 aliphatic carbocycles. The minimum Gasteiger partial charge on any atom is -0.302 e. The molecule has 3 aromatic rings. The van der Waals surface area contributed by atoms with Gasteiger partial charge >= 0.3 is 0 Å². The van der Waals surface area contributed by atoms with Crippen molar-refractivity contribution in [3.05, 3.63) is 70.3 Å². The number of nitrogens with zero attached hydrogens (tertiary/aromatic N) is 1. The van der Waals surface area contributed by atoms with Crippen LogP contribution in [0.25, 0.3) is 11.3 Å². The number of nitrogens with one attached hydrogen (secondary N) is 2. The van der Waals surface area contributed by atoms with Crippen LogP contribution in [0.15, 0.2) is 53.9 Å². The summed E-state index contributed by atoms with van der Waals surface area (Å²) in [6, 6.07) is 13.6. The summed E-state index contributed by atoms with van der Waals surface area (Å²) in [6.07, 6.45) is 0. The zero-order chi connectivity index (χ0) is 18.5. The predicted octanol–water partition coefficient (Wildman–Crippen LogP) is 4.89. The molecule has 0 aliphatic heterocycles. The van der Waals surface area contributed by atoms with Crippen LogP contribution in [0.3, 0.4) is 0 Å². The second-order valence-electron chi connectivity index (χ2n) is 5.75. The number of aromatic nitrogens is 1. The minimum atomic E-state index is -0.293. The number of hydrogen-bond acceptors (Lipinski definition) is 4. The van der Waals surface area contributed by atoms with E-state index < -0.39 is 0 Å². The van der Waals surface area contributed by atoms with Crippen molar-refractivity contribution in [1.82, 2.24) is 10.3 Å². The standard InChI is InChI=1S/C19H17ClFN3OS/c1-12(13-2-6-15(20)7-3-13)22-10-18(25)24-19-23-17(11-26-19)14-4-8-16(21)9-5-14/h2-9,11-12,22H,10H2,1H3,(H,23,24,25)/t12-/m0/s1. The Labute approximate surface area is 160 Å². The third kappa shape index (κ3) is 4.88. The first-order chi connectivity index (χ1) is 12.5. The average Bonchev–Trinajstić information content (AvgIpc) is 3.09. The Balaban J connectivity index is 1.53. The Morgan fingerprint density at radius 3 is 2.58 bits per heavy atom. The highest BCUT2D eigenvalue weighted by molar-refractivity contribution is 7.14. The number of anilines is 1. The fourth-order valence-electron chi connectivity index (χ4n) is 2.36. The Morgan fingerprint density at radius 2 is 1.88 bits per heavy atom. The minimum absolute atomic E-state index is 0.0177. The molecule has 0 saturated heterocycles. The molecule has 4 nitrogen and oxygen atoms in total. The van der Waals surface area contributed by atoms with Gasteiger partial charge in [-0.1, -0.05) is 23.7 Å². The van der Waals surface area contributed by atoms with E-state index in [9.17, 15) is 9.18 Å². The molecule has 0 unspecified atom stereocenters. The average molecular weight is 390 g/mol. The van der Waals surface area contributed by atoms with Gasteiger partial charge in [-0.2, -0.15) is 0 Å². The fourth-order valence-corrected chi connectivity index (χ4v) is 3.22. The second-order valence-corrected chi connectivity index (χ2v) is 7.04. The summed E-state index contributed by atoms with van der Waals surface area (Å²) < 4.78 is 13.0. The first kappa shape index (κ1) is 18.5. The monoisotopic (exact) mass is 389 g/mol. The maximum atomic E-state index is 13.0. The lowest BCUT2D eigenvalue weighted by atomic mass is 10.1. The molecule has 2 aromatic carbocycles. The molecule has 1 aromatic heterocycles. The molecule has 0 radical (unpaired) electrons. The first-order valence-electron chi connectivity index (χ1n) is 8.01. The molecule has 0 saturated carbocycles. The maximum absolute atomic E-state index is 13.0. The van der Waals surface area contributed by atoms with Crippen molar-refractivity contribution in [3.8, 4) is 11.3 Å². The van der Waals surface area contributed by atoms with Crippen LogP contribution >= 0.6 is 22.9 Å². The quantitative estimate of drug-likeness (QED) is 0.631. The van der Waals surface area contributed by atoms with E-state index in [2.05, 4.69) is 15.6 Å². The van der Waals surface area contributed by atoms with Crippen LogP contribution in [-0.2, 0) is 4.79 Å². The molecule has 2 N–H and O–H groups in total. The first-order valence-corrected chi connectivity index (χ1v) is 9.27. The largest absolute Gasteiger partial charge is 0.302 e. The van der Waals surface area contributed by atoms with E-state index in [4.69, 9.17) is 11.6 Å². The summed E-state index contributed by atoms with van der Waals surface area (Å²) in [5.74, 6) is -0.468. The van der Waals surface area contributed by atoms with E-state index in [0.717, 1.165) is 11.1 Å². The Hall–Kier alpha value is -2.28. The number of halogens is 2. The van der Waals surface area contributed by atoms with Gasteiger partial charge in [0.2, 0.25) is 5.91 Å². The van der Waals surface area contributed by atoms with E-state index in [0.29, 0.717) is 15.8 Å². The summed E-state index contributed by atoms with van der Waals surface area (Å²) in [5.41, 5.74) is 2.56. The van der Waals surface area contributed by atoms with Crippen LogP contribution in [0, 0.1) is 5.82 Å². The van der Waals surface area contributed by atoms with Crippen LogP contribution in [0.4, 0.5) is 9.52 Å². The van der Waals surface area contributed by atoms with Gasteiger partial charge in [0.25, 0.3) is 0 Å². The number of carbonyl (C=O) groups is 1. The van der Waals surface area contributed by atoms with Gasteiger partial charge in [0.15, 0.2) is 5.13 Å². The smallest absolute Gasteiger partial charge is 0.240 e. The summed E-state index contributed by atoms with van der Waals surface area (Å²) in [6.45, 7) is 2.14. The third-order valence-electron chi connectivity index (χ3n) is 3.83. The third-order valence-corrected chi connectivity index (χ3v) is 4.84. The number of rotatable bonds is 6. The second kappa shape index (κ2) is 8.40. The number of benzene rings is 2. The molecule has 7 heteroatoms.